The second-order valence-corrected chi connectivity index (χ2v) is 5.62. The van der Waals surface area contributed by atoms with Crippen LogP contribution in [0.2, 0.25) is 0 Å². The molecule has 2 rings (SSSR count). The molecule has 106 valence electrons. The molecule has 0 spiro atoms. The monoisotopic (exact) mass is 273 g/mol. The zero-order valence-electron chi connectivity index (χ0n) is 12.2. The Morgan fingerprint density at radius 1 is 1.20 bits per heavy atom. The van der Waals surface area contributed by atoms with Crippen molar-refractivity contribution in [3.8, 4) is 5.75 Å². The molecule has 0 aliphatic heterocycles. The highest BCUT2D eigenvalue weighted by molar-refractivity contribution is 5.85. The Morgan fingerprint density at radius 2 is 1.95 bits per heavy atom. The highest BCUT2D eigenvalue weighted by Crippen LogP contribution is 2.25. The summed E-state index contributed by atoms with van der Waals surface area (Å²) in [5.41, 5.74) is 0.316. The van der Waals surface area contributed by atoms with Gasteiger partial charge in [0.1, 0.15) is 11.4 Å². The second-order valence-electron chi connectivity index (χ2n) is 5.62. The largest absolute Gasteiger partial charge is 0.478 e. The fraction of sp³-hybridized carbons (Fsp3) is 0.375. The van der Waals surface area contributed by atoms with Gasteiger partial charge in [0.2, 0.25) is 0 Å². The normalized spacial score (nSPS) is 13.0. The van der Waals surface area contributed by atoms with Crippen molar-refractivity contribution in [1.82, 2.24) is 4.98 Å². The van der Waals surface area contributed by atoms with E-state index in [0.717, 1.165) is 10.9 Å². The molecule has 0 aliphatic carbocycles. The van der Waals surface area contributed by atoms with Crippen molar-refractivity contribution < 1.29 is 14.3 Å². The zero-order valence-corrected chi connectivity index (χ0v) is 12.2. The number of hydrogen-bond acceptors (Lipinski definition) is 4. The average Bonchev–Trinajstić information content (AvgIpc) is 2.37. The lowest BCUT2D eigenvalue weighted by Crippen LogP contribution is -2.33. The fourth-order valence-electron chi connectivity index (χ4n) is 1.80. The number of nitrogens with zero attached hydrogens (tertiary/aromatic N) is 1. The SMILES string of the molecule is CC(Oc1cccc2ncccc12)C(=O)OC(C)(C)C. The van der Waals surface area contributed by atoms with Crippen molar-refractivity contribution in [3.63, 3.8) is 0 Å². The Bertz CT molecular complexity index is 611. The maximum atomic E-state index is 11.9. The zero-order chi connectivity index (χ0) is 14.8. The number of hydrogen-bond donors (Lipinski definition) is 0. The Morgan fingerprint density at radius 3 is 2.65 bits per heavy atom. The summed E-state index contributed by atoms with van der Waals surface area (Å²) in [4.78, 5) is 16.2. The first-order chi connectivity index (χ1) is 9.37. The number of pyridine rings is 1. The van der Waals surface area contributed by atoms with Gasteiger partial charge in [0.25, 0.3) is 0 Å². The Hall–Kier alpha value is -2.10. The Labute approximate surface area is 118 Å². The van der Waals surface area contributed by atoms with Crippen LogP contribution in [0.15, 0.2) is 36.5 Å². The summed E-state index contributed by atoms with van der Waals surface area (Å²) in [6.45, 7) is 7.18. The molecular weight excluding hydrogens is 254 g/mol. The maximum absolute atomic E-state index is 11.9. The minimum Gasteiger partial charge on any atom is -0.478 e. The van der Waals surface area contributed by atoms with Gasteiger partial charge in [0.05, 0.1) is 5.52 Å². The summed E-state index contributed by atoms with van der Waals surface area (Å²) in [7, 11) is 0. The van der Waals surface area contributed by atoms with E-state index in [1.54, 1.807) is 13.1 Å². The van der Waals surface area contributed by atoms with Crippen molar-refractivity contribution in [2.24, 2.45) is 0 Å². The molecule has 4 nitrogen and oxygen atoms in total. The van der Waals surface area contributed by atoms with Crippen LogP contribution in [0.3, 0.4) is 0 Å². The number of carbonyl (C=O) groups is 1. The van der Waals surface area contributed by atoms with Crippen molar-refractivity contribution in [3.05, 3.63) is 36.5 Å². The molecule has 2 aromatic rings. The van der Waals surface area contributed by atoms with E-state index in [2.05, 4.69) is 4.98 Å². The van der Waals surface area contributed by atoms with Gasteiger partial charge in [-0.15, -0.1) is 0 Å². The second kappa shape index (κ2) is 5.49. The lowest BCUT2D eigenvalue weighted by atomic mass is 10.2. The molecule has 0 saturated heterocycles. The topological polar surface area (TPSA) is 48.4 Å². The molecule has 1 aromatic heterocycles. The van der Waals surface area contributed by atoms with Crippen LogP contribution < -0.4 is 4.74 Å². The molecule has 0 fully saturated rings. The van der Waals surface area contributed by atoms with E-state index >= 15 is 0 Å². The summed E-state index contributed by atoms with van der Waals surface area (Å²) in [5.74, 6) is 0.257. The number of aromatic nitrogens is 1. The predicted molar refractivity (Wildman–Crippen MR) is 77.7 cm³/mol. The van der Waals surface area contributed by atoms with E-state index in [1.807, 2.05) is 51.1 Å². The van der Waals surface area contributed by atoms with Gasteiger partial charge in [0.15, 0.2) is 6.10 Å². The van der Waals surface area contributed by atoms with Gasteiger partial charge in [-0.3, -0.25) is 4.98 Å². The first-order valence-corrected chi connectivity index (χ1v) is 6.60. The number of esters is 1. The van der Waals surface area contributed by atoms with E-state index in [1.165, 1.54) is 0 Å². The van der Waals surface area contributed by atoms with Crippen LogP contribution >= 0.6 is 0 Å². The van der Waals surface area contributed by atoms with Gasteiger partial charge in [0, 0.05) is 11.6 Å². The quantitative estimate of drug-likeness (QED) is 0.805. The van der Waals surface area contributed by atoms with Crippen LogP contribution in [0.25, 0.3) is 10.9 Å². The first kappa shape index (κ1) is 14.3. The van der Waals surface area contributed by atoms with E-state index < -0.39 is 11.7 Å². The van der Waals surface area contributed by atoms with Crippen LogP contribution in [-0.2, 0) is 9.53 Å². The van der Waals surface area contributed by atoms with Crippen molar-refractivity contribution in [2.45, 2.75) is 39.4 Å². The lowest BCUT2D eigenvalue weighted by Gasteiger charge is -2.23. The molecule has 0 amide bonds. The van der Waals surface area contributed by atoms with E-state index in [4.69, 9.17) is 9.47 Å². The molecule has 1 heterocycles. The molecular formula is C16H19NO3. The van der Waals surface area contributed by atoms with Gasteiger partial charge >= 0.3 is 5.97 Å². The van der Waals surface area contributed by atoms with Gasteiger partial charge in [-0.2, -0.15) is 0 Å². The van der Waals surface area contributed by atoms with Crippen molar-refractivity contribution >= 4 is 16.9 Å². The lowest BCUT2D eigenvalue weighted by molar-refractivity contribution is -0.162. The van der Waals surface area contributed by atoms with Crippen molar-refractivity contribution in [2.75, 3.05) is 0 Å². The van der Waals surface area contributed by atoms with Gasteiger partial charge < -0.3 is 9.47 Å². The number of ether oxygens (including phenoxy) is 2. The minimum absolute atomic E-state index is 0.376. The van der Waals surface area contributed by atoms with E-state index in [9.17, 15) is 4.79 Å². The molecule has 1 aromatic carbocycles. The number of rotatable bonds is 3. The van der Waals surface area contributed by atoms with Crippen LogP contribution in [-0.4, -0.2) is 22.7 Å². The van der Waals surface area contributed by atoms with Crippen LogP contribution in [0, 0.1) is 0 Å². The van der Waals surface area contributed by atoms with E-state index in [-0.39, 0.29) is 5.97 Å². The third kappa shape index (κ3) is 3.47. The van der Waals surface area contributed by atoms with E-state index in [0.29, 0.717) is 5.75 Å². The number of benzene rings is 1. The van der Waals surface area contributed by atoms with Gasteiger partial charge in [-0.25, -0.2) is 4.79 Å². The third-order valence-corrected chi connectivity index (χ3v) is 2.65. The molecule has 20 heavy (non-hydrogen) atoms. The summed E-state index contributed by atoms with van der Waals surface area (Å²) in [5, 5.41) is 0.880. The summed E-state index contributed by atoms with van der Waals surface area (Å²) in [6, 6.07) is 9.34. The third-order valence-electron chi connectivity index (χ3n) is 2.65. The molecule has 0 bridgehead atoms. The van der Waals surface area contributed by atoms with Gasteiger partial charge in [-0.1, -0.05) is 6.07 Å². The molecule has 0 N–H and O–H groups in total. The van der Waals surface area contributed by atoms with Crippen LogP contribution in [0.1, 0.15) is 27.7 Å². The molecule has 0 radical (unpaired) electrons. The minimum atomic E-state index is -0.667. The van der Waals surface area contributed by atoms with Crippen LogP contribution in [0.5, 0.6) is 5.75 Å². The summed E-state index contributed by atoms with van der Waals surface area (Å²) >= 11 is 0. The predicted octanol–water partition coefficient (Wildman–Crippen LogP) is 3.34. The first-order valence-electron chi connectivity index (χ1n) is 6.60. The number of fused-ring (bicyclic) bond motifs is 1. The summed E-state index contributed by atoms with van der Waals surface area (Å²) in [6.07, 6.45) is 1.06. The van der Waals surface area contributed by atoms with Gasteiger partial charge in [-0.05, 0) is 52.0 Å². The fourth-order valence-corrected chi connectivity index (χ4v) is 1.80. The smallest absolute Gasteiger partial charge is 0.347 e. The molecule has 1 atom stereocenters. The Balaban J connectivity index is 2.18. The van der Waals surface area contributed by atoms with Crippen LogP contribution in [0.4, 0.5) is 0 Å². The highest BCUT2D eigenvalue weighted by Gasteiger charge is 2.23. The summed E-state index contributed by atoms with van der Waals surface area (Å²) < 4.78 is 11.0. The standard InChI is InChI=1S/C16H19NO3/c1-11(15(18)20-16(2,3)4)19-14-9-5-8-13-12(14)7-6-10-17-13/h5-11H,1-4H3. The average molecular weight is 273 g/mol. The Kier molecular flexibility index (Phi) is 3.93. The molecule has 1 unspecified atom stereocenters. The highest BCUT2D eigenvalue weighted by atomic mass is 16.6. The maximum Gasteiger partial charge on any atom is 0.347 e. The number of carbonyl (C=O) groups excluding carboxylic acids is 1. The molecule has 0 aliphatic rings. The molecule has 4 heteroatoms. The van der Waals surface area contributed by atoms with Crippen molar-refractivity contribution in [1.29, 1.82) is 0 Å². The molecule has 0 saturated carbocycles.